The molecule has 0 aliphatic carbocycles. The number of benzene rings is 3. The first-order chi connectivity index (χ1) is 16.7. The van der Waals surface area contributed by atoms with Crippen LogP contribution in [0.15, 0.2) is 83.5 Å². The van der Waals surface area contributed by atoms with Crippen LogP contribution in [-0.4, -0.2) is 23.0 Å². The molecule has 3 aromatic carbocycles. The Hall–Kier alpha value is -4.27. The van der Waals surface area contributed by atoms with Gasteiger partial charge in [-0.1, -0.05) is 42.5 Å². The normalized spacial score (nSPS) is 12.3. The lowest BCUT2D eigenvalue weighted by atomic mass is 10.0. The minimum atomic E-state index is -4.45. The molecule has 1 unspecified atom stereocenters. The second-order valence-electron chi connectivity index (χ2n) is 7.79. The van der Waals surface area contributed by atoms with Crippen LogP contribution in [0, 0.1) is 0 Å². The Morgan fingerprint density at radius 2 is 1.71 bits per heavy atom. The minimum absolute atomic E-state index is 0.0522. The van der Waals surface area contributed by atoms with Crippen molar-refractivity contribution in [2.75, 3.05) is 0 Å². The van der Waals surface area contributed by atoms with Crippen molar-refractivity contribution in [1.82, 2.24) is 5.32 Å². The van der Waals surface area contributed by atoms with E-state index in [1.54, 1.807) is 30.3 Å². The summed E-state index contributed by atoms with van der Waals surface area (Å²) in [5.74, 6) is -1.31. The molecule has 6 nitrogen and oxygen atoms in total. The average Bonchev–Trinajstić information content (AvgIpc) is 3.34. The largest absolute Gasteiger partial charge is 0.487 e. The monoisotopic (exact) mass is 483 g/mol. The van der Waals surface area contributed by atoms with Gasteiger partial charge in [-0.2, -0.15) is 13.2 Å². The van der Waals surface area contributed by atoms with Crippen LogP contribution in [0.25, 0.3) is 10.8 Å². The van der Waals surface area contributed by atoms with Crippen LogP contribution in [-0.2, 0) is 24.0 Å². The molecule has 0 radical (unpaired) electrons. The third kappa shape index (κ3) is 5.63. The molecule has 1 heterocycles. The smallest absolute Gasteiger partial charge is 0.416 e. The van der Waals surface area contributed by atoms with E-state index in [2.05, 4.69) is 5.32 Å². The predicted octanol–water partition coefficient (Wildman–Crippen LogP) is 5.46. The molecule has 0 aliphatic heterocycles. The lowest BCUT2D eigenvalue weighted by Crippen LogP contribution is -2.42. The molecule has 180 valence electrons. The van der Waals surface area contributed by atoms with Crippen LogP contribution in [0.3, 0.4) is 0 Å². The van der Waals surface area contributed by atoms with E-state index in [0.29, 0.717) is 16.7 Å². The number of carboxylic acid groups (broad SMARTS) is 1. The number of nitrogens with one attached hydrogen (secondary N) is 1. The molecule has 2 N–H and O–H groups in total. The third-order valence-corrected chi connectivity index (χ3v) is 5.38. The first-order valence-electron chi connectivity index (χ1n) is 10.6. The number of furan rings is 1. The van der Waals surface area contributed by atoms with Gasteiger partial charge in [0, 0.05) is 11.8 Å². The maximum absolute atomic E-state index is 13.1. The number of ether oxygens (including phenoxy) is 1. The average molecular weight is 483 g/mol. The summed E-state index contributed by atoms with van der Waals surface area (Å²) in [6.45, 7) is -0.0961. The minimum Gasteiger partial charge on any atom is -0.487 e. The summed E-state index contributed by atoms with van der Waals surface area (Å²) < 4.78 is 49.6. The zero-order valence-corrected chi connectivity index (χ0v) is 18.2. The van der Waals surface area contributed by atoms with Crippen molar-refractivity contribution in [3.63, 3.8) is 0 Å². The topological polar surface area (TPSA) is 88.8 Å². The lowest BCUT2D eigenvalue weighted by Gasteiger charge is -2.17. The number of carbonyl (C=O) groups excluding carboxylic acids is 1. The van der Waals surface area contributed by atoms with Gasteiger partial charge >= 0.3 is 12.1 Å². The molecule has 1 aromatic heterocycles. The molecule has 1 amide bonds. The first kappa shape index (κ1) is 23.9. The summed E-state index contributed by atoms with van der Waals surface area (Å²) >= 11 is 0. The van der Waals surface area contributed by atoms with E-state index in [0.717, 1.165) is 17.5 Å². The van der Waals surface area contributed by atoms with Gasteiger partial charge in [0.05, 0.1) is 17.4 Å². The zero-order chi connectivity index (χ0) is 25.0. The maximum atomic E-state index is 13.1. The highest BCUT2D eigenvalue weighted by Gasteiger charge is 2.30. The van der Waals surface area contributed by atoms with Crippen molar-refractivity contribution in [2.45, 2.75) is 25.2 Å². The number of alkyl halides is 3. The number of halogens is 3. The van der Waals surface area contributed by atoms with Crippen LogP contribution in [0.4, 0.5) is 13.2 Å². The summed E-state index contributed by atoms with van der Waals surface area (Å²) in [5, 5.41) is 13.4. The Labute approximate surface area is 197 Å². The van der Waals surface area contributed by atoms with Gasteiger partial charge in [-0.3, -0.25) is 4.79 Å². The molecule has 1 atom stereocenters. The highest BCUT2D eigenvalue weighted by atomic mass is 19.4. The van der Waals surface area contributed by atoms with Gasteiger partial charge in [0.1, 0.15) is 24.2 Å². The molecule has 0 saturated carbocycles. The van der Waals surface area contributed by atoms with Crippen LogP contribution in [0.5, 0.6) is 5.75 Å². The number of aliphatic carboxylic acids is 1. The van der Waals surface area contributed by atoms with Crippen molar-refractivity contribution in [2.24, 2.45) is 0 Å². The number of hydrogen-bond donors (Lipinski definition) is 2. The van der Waals surface area contributed by atoms with Crippen molar-refractivity contribution in [3.05, 3.63) is 102 Å². The summed E-state index contributed by atoms with van der Waals surface area (Å²) in [7, 11) is 0. The van der Waals surface area contributed by atoms with Gasteiger partial charge in [0.2, 0.25) is 0 Å². The molecule has 0 spiro atoms. The van der Waals surface area contributed by atoms with Crippen molar-refractivity contribution in [3.8, 4) is 5.75 Å². The molecule has 0 bridgehead atoms. The quantitative estimate of drug-likeness (QED) is 0.348. The van der Waals surface area contributed by atoms with Gasteiger partial charge in [-0.05, 0) is 41.3 Å². The van der Waals surface area contributed by atoms with E-state index in [1.807, 2.05) is 12.1 Å². The van der Waals surface area contributed by atoms with Gasteiger partial charge in [-0.25, -0.2) is 4.79 Å². The van der Waals surface area contributed by atoms with E-state index in [4.69, 9.17) is 9.15 Å². The third-order valence-electron chi connectivity index (χ3n) is 5.38. The van der Waals surface area contributed by atoms with E-state index in [-0.39, 0.29) is 24.3 Å². The lowest BCUT2D eigenvalue weighted by molar-refractivity contribution is -0.139. The standard InChI is InChI=1S/C26H20F3NO5/c27-26(28,29)18-10-7-16(8-11-18)15-35-23-20-6-2-1-4-17(20)9-12-21(23)24(31)30-22(25(32)33)14-19-5-3-13-34-19/h1-13,22H,14-15H2,(H,30,31)(H,32,33). The second-order valence-corrected chi connectivity index (χ2v) is 7.79. The number of rotatable bonds is 8. The highest BCUT2D eigenvalue weighted by Crippen LogP contribution is 2.32. The van der Waals surface area contributed by atoms with Gasteiger partial charge in [0.25, 0.3) is 5.91 Å². The van der Waals surface area contributed by atoms with Gasteiger partial charge in [0.15, 0.2) is 0 Å². The fraction of sp³-hybridized carbons (Fsp3) is 0.154. The van der Waals surface area contributed by atoms with Crippen LogP contribution in [0.2, 0.25) is 0 Å². The summed E-state index contributed by atoms with van der Waals surface area (Å²) in [6, 6.07) is 16.9. The summed E-state index contributed by atoms with van der Waals surface area (Å²) in [5.41, 5.74) is -0.206. The SMILES string of the molecule is O=C(NC(Cc1ccco1)C(=O)O)c1ccc2ccccc2c1OCc1ccc(C(F)(F)F)cc1. The molecule has 9 heteroatoms. The fourth-order valence-corrected chi connectivity index (χ4v) is 3.59. The molecule has 0 saturated heterocycles. The van der Waals surface area contributed by atoms with E-state index in [9.17, 15) is 27.9 Å². The summed E-state index contributed by atoms with van der Waals surface area (Å²) in [4.78, 5) is 24.8. The van der Waals surface area contributed by atoms with Crippen LogP contribution >= 0.6 is 0 Å². The van der Waals surface area contributed by atoms with Crippen molar-refractivity contribution >= 4 is 22.6 Å². The van der Waals surface area contributed by atoms with E-state index >= 15 is 0 Å². The van der Waals surface area contributed by atoms with Crippen LogP contribution in [0.1, 0.15) is 27.2 Å². The molecule has 35 heavy (non-hydrogen) atoms. The van der Waals surface area contributed by atoms with Crippen LogP contribution < -0.4 is 10.1 Å². The summed E-state index contributed by atoms with van der Waals surface area (Å²) in [6.07, 6.45) is -3.09. The Morgan fingerprint density at radius 1 is 0.971 bits per heavy atom. The van der Waals surface area contributed by atoms with Gasteiger partial charge in [-0.15, -0.1) is 0 Å². The zero-order valence-electron chi connectivity index (χ0n) is 18.2. The molecule has 0 aliphatic rings. The maximum Gasteiger partial charge on any atom is 0.416 e. The molecule has 4 rings (SSSR count). The number of carbonyl (C=O) groups is 2. The number of fused-ring (bicyclic) bond motifs is 1. The van der Waals surface area contributed by atoms with E-state index < -0.39 is 29.7 Å². The van der Waals surface area contributed by atoms with Crippen molar-refractivity contribution in [1.29, 1.82) is 0 Å². The van der Waals surface area contributed by atoms with Gasteiger partial charge < -0.3 is 19.6 Å². The Bertz CT molecular complexity index is 1330. The fourth-order valence-electron chi connectivity index (χ4n) is 3.59. The Kier molecular flexibility index (Phi) is 6.77. The Morgan fingerprint density at radius 3 is 2.37 bits per heavy atom. The molecular weight excluding hydrogens is 463 g/mol. The molecule has 0 fully saturated rings. The number of hydrogen-bond acceptors (Lipinski definition) is 4. The Balaban J connectivity index is 1.60. The molecule has 4 aromatic rings. The highest BCUT2D eigenvalue weighted by molar-refractivity contribution is 6.04. The number of amides is 1. The second kappa shape index (κ2) is 9.92. The number of carboxylic acids is 1. The molecular formula is C26H20F3NO5. The first-order valence-corrected chi connectivity index (χ1v) is 10.6. The van der Waals surface area contributed by atoms with Crippen molar-refractivity contribution < 1.29 is 37.0 Å². The van der Waals surface area contributed by atoms with E-state index in [1.165, 1.54) is 24.5 Å². The predicted molar refractivity (Wildman–Crippen MR) is 121 cm³/mol.